The van der Waals surface area contributed by atoms with Crippen molar-refractivity contribution in [2.45, 2.75) is 19.4 Å². The van der Waals surface area contributed by atoms with Crippen LogP contribution in [0.5, 0.6) is 11.5 Å². The van der Waals surface area contributed by atoms with Gasteiger partial charge in [0.05, 0.1) is 13.0 Å². The van der Waals surface area contributed by atoms with Crippen molar-refractivity contribution in [1.82, 2.24) is 15.5 Å². The summed E-state index contributed by atoms with van der Waals surface area (Å²) >= 11 is 0. The fourth-order valence-corrected chi connectivity index (χ4v) is 2.74. The van der Waals surface area contributed by atoms with E-state index in [1.807, 2.05) is 18.2 Å². The monoisotopic (exact) mass is 347 g/mol. The number of carbonyl (C=O) groups is 1. The van der Waals surface area contributed by atoms with Crippen LogP contribution < -0.4 is 14.8 Å². The van der Waals surface area contributed by atoms with Gasteiger partial charge in [0, 0.05) is 20.1 Å². The van der Waals surface area contributed by atoms with E-state index < -0.39 is 0 Å². The molecule has 0 spiro atoms. The van der Waals surface area contributed by atoms with Crippen LogP contribution in [0.2, 0.25) is 0 Å². The molecule has 1 aliphatic rings. The average molecular weight is 347 g/mol. The first-order valence-electron chi connectivity index (χ1n) is 8.08. The Morgan fingerprint density at radius 3 is 3.08 bits per heavy atom. The SMILES string of the molecule is COCc1noc(CCNC(=O)[C@@H]2COc3c(cccc3OC)C2)n1. The number of rotatable bonds is 7. The number of para-hydroxylation sites is 1. The van der Waals surface area contributed by atoms with E-state index in [-0.39, 0.29) is 11.8 Å². The summed E-state index contributed by atoms with van der Waals surface area (Å²) < 4.78 is 21.0. The summed E-state index contributed by atoms with van der Waals surface area (Å²) in [6.07, 6.45) is 1.09. The molecule has 8 nitrogen and oxygen atoms in total. The fourth-order valence-electron chi connectivity index (χ4n) is 2.74. The van der Waals surface area contributed by atoms with Crippen molar-refractivity contribution >= 4 is 5.91 Å². The number of aromatic nitrogens is 2. The zero-order valence-electron chi connectivity index (χ0n) is 14.3. The van der Waals surface area contributed by atoms with Crippen LogP contribution in [0, 0.1) is 5.92 Å². The van der Waals surface area contributed by atoms with E-state index in [1.54, 1.807) is 14.2 Å². The minimum absolute atomic E-state index is 0.0508. The smallest absolute Gasteiger partial charge is 0.228 e. The number of hydrogen-bond acceptors (Lipinski definition) is 7. The highest BCUT2D eigenvalue weighted by Gasteiger charge is 2.27. The molecule has 0 fully saturated rings. The van der Waals surface area contributed by atoms with Crippen LogP contribution in [-0.4, -0.2) is 43.4 Å². The third-order valence-electron chi connectivity index (χ3n) is 3.97. The van der Waals surface area contributed by atoms with Crippen molar-refractivity contribution in [2.24, 2.45) is 5.92 Å². The maximum atomic E-state index is 12.4. The van der Waals surface area contributed by atoms with Crippen LogP contribution in [-0.2, 0) is 29.0 Å². The summed E-state index contributed by atoms with van der Waals surface area (Å²) in [7, 11) is 3.17. The van der Waals surface area contributed by atoms with E-state index in [0.29, 0.717) is 50.1 Å². The predicted octanol–water partition coefficient (Wildman–Crippen LogP) is 1.13. The van der Waals surface area contributed by atoms with E-state index >= 15 is 0 Å². The van der Waals surface area contributed by atoms with E-state index in [9.17, 15) is 4.79 Å². The third kappa shape index (κ3) is 4.08. The molecule has 1 aromatic heterocycles. The van der Waals surface area contributed by atoms with Gasteiger partial charge in [-0.2, -0.15) is 4.98 Å². The standard InChI is InChI=1S/C17H21N3O5/c1-22-10-14-19-15(25-20-14)6-7-18-17(21)12-8-11-4-3-5-13(23-2)16(11)24-9-12/h3-5,12H,6-10H2,1-2H3,(H,18,21)/t12-/m0/s1. The van der Waals surface area contributed by atoms with Crippen LogP contribution in [0.3, 0.4) is 0 Å². The lowest BCUT2D eigenvalue weighted by Crippen LogP contribution is -2.38. The zero-order valence-corrected chi connectivity index (χ0v) is 14.3. The second kappa shape index (κ2) is 7.98. The van der Waals surface area contributed by atoms with Crippen molar-refractivity contribution < 1.29 is 23.5 Å². The van der Waals surface area contributed by atoms with E-state index in [1.165, 1.54) is 0 Å². The Hall–Kier alpha value is -2.61. The van der Waals surface area contributed by atoms with E-state index in [4.69, 9.17) is 18.7 Å². The number of nitrogens with one attached hydrogen (secondary N) is 1. The second-order valence-corrected chi connectivity index (χ2v) is 5.74. The molecule has 2 aromatic rings. The van der Waals surface area contributed by atoms with Crippen LogP contribution in [0.15, 0.2) is 22.7 Å². The van der Waals surface area contributed by atoms with E-state index in [0.717, 1.165) is 11.3 Å². The molecule has 134 valence electrons. The van der Waals surface area contributed by atoms with Gasteiger partial charge in [-0.25, -0.2) is 0 Å². The predicted molar refractivity (Wildman–Crippen MR) is 87.4 cm³/mol. The molecule has 0 unspecified atom stereocenters. The van der Waals surface area contributed by atoms with Gasteiger partial charge >= 0.3 is 0 Å². The lowest BCUT2D eigenvalue weighted by atomic mass is 9.95. The van der Waals surface area contributed by atoms with Crippen molar-refractivity contribution in [1.29, 1.82) is 0 Å². The van der Waals surface area contributed by atoms with Crippen molar-refractivity contribution in [3.8, 4) is 11.5 Å². The molecule has 1 N–H and O–H groups in total. The molecule has 8 heteroatoms. The van der Waals surface area contributed by atoms with Crippen molar-refractivity contribution in [2.75, 3.05) is 27.4 Å². The summed E-state index contributed by atoms with van der Waals surface area (Å²) in [6.45, 7) is 1.06. The van der Waals surface area contributed by atoms with Gasteiger partial charge in [-0.05, 0) is 18.1 Å². The van der Waals surface area contributed by atoms with Gasteiger partial charge in [0.15, 0.2) is 17.3 Å². The van der Waals surface area contributed by atoms with Gasteiger partial charge in [-0.3, -0.25) is 4.79 Å². The Morgan fingerprint density at radius 1 is 1.40 bits per heavy atom. The number of amides is 1. The Kier molecular flexibility index (Phi) is 5.49. The molecule has 25 heavy (non-hydrogen) atoms. The van der Waals surface area contributed by atoms with E-state index in [2.05, 4.69) is 15.5 Å². The summed E-state index contributed by atoms with van der Waals surface area (Å²) in [4.78, 5) is 16.5. The Balaban J connectivity index is 1.50. The van der Waals surface area contributed by atoms with Gasteiger partial charge < -0.3 is 24.1 Å². The first-order valence-corrected chi connectivity index (χ1v) is 8.08. The third-order valence-corrected chi connectivity index (χ3v) is 3.97. The lowest BCUT2D eigenvalue weighted by molar-refractivity contribution is -0.126. The minimum atomic E-state index is -0.230. The Labute approximate surface area is 145 Å². The highest BCUT2D eigenvalue weighted by molar-refractivity contribution is 5.79. The molecule has 2 heterocycles. The summed E-state index contributed by atoms with van der Waals surface area (Å²) in [5.74, 6) is 2.11. The number of carbonyl (C=O) groups excluding carboxylic acids is 1. The molecule has 1 atom stereocenters. The van der Waals surface area contributed by atoms with Crippen LogP contribution in [0.1, 0.15) is 17.3 Å². The van der Waals surface area contributed by atoms with Crippen molar-refractivity contribution in [3.05, 3.63) is 35.5 Å². The van der Waals surface area contributed by atoms with Gasteiger partial charge in [0.2, 0.25) is 11.8 Å². The van der Waals surface area contributed by atoms with Crippen LogP contribution >= 0.6 is 0 Å². The summed E-state index contributed by atoms with van der Waals surface area (Å²) in [5, 5.41) is 6.67. The molecule has 1 aliphatic heterocycles. The highest BCUT2D eigenvalue weighted by Crippen LogP contribution is 2.35. The number of hydrogen-bond donors (Lipinski definition) is 1. The molecular weight excluding hydrogens is 326 g/mol. The van der Waals surface area contributed by atoms with Crippen molar-refractivity contribution in [3.63, 3.8) is 0 Å². The van der Waals surface area contributed by atoms with Crippen LogP contribution in [0.25, 0.3) is 0 Å². The van der Waals surface area contributed by atoms with Gasteiger partial charge in [-0.15, -0.1) is 0 Å². The number of nitrogens with zero attached hydrogens (tertiary/aromatic N) is 2. The molecule has 0 radical (unpaired) electrons. The molecule has 1 amide bonds. The fraction of sp³-hybridized carbons (Fsp3) is 0.471. The van der Waals surface area contributed by atoms with Gasteiger partial charge in [0.1, 0.15) is 13.2 Å². The second-order valence-electron chi connectivity index (χ2n) is 5.74. The summed E-state index contributed by atoms with van der Waals surface area (Å²) in [5.41, 5.74) is 0.979. The molecule has 0 aliphatic carbocycles. The first-order chi connectivity index (χ1) is 12.2. The lowest BCUT2D eigenvalue weighted by Gasteiger charge is -2.25. The number of benzene rings is 1. The van der Waals surface area contributed by atoms with Crippen LogP contribution in [0.4, 0.5) is 0 Å². The van der Waals surface area contributed by atoms with Gasteiger partial charge in [-0.1, -0.05) is 17.3 Å². The highest BCUT2D eigenvalue weighted by atomic mass is 16.5. The number of fused-ring (bicyclic) bond motifs is 1. The minimum Gasteiger partial charge on any atom is -0.493 e. The molecule has 0 bridgehead atoms. The summed E-state index contributed by atoms with van der Waals surface area (Å²) in [6, 6.07) is 5.70. The number of ether oxygens (including phenoxy) is 3. The molecule has 0 saturated heterocycles. The van der Waals surface area contributed by atoms with Gasteiger partial charge in [0.25, 0.3) is 0 Å². The average Bonchev–Trinajstić information content (AvgIpc) is 3.08. The topological polar surface area (TPSA) is 95.7 Å². The Bertz CT molecular complexity index is 731. The Morgan fingerprint density at radius 2 is 2.28 bits per heavy atom. The molecular formula is C17H21N3O5. The maximum absolute atomic E-state index is 12.4. The largest absolute Gasteiger partial charge is 0.493 e. The first kappa shape index (κ1) is 17.2. The molecule has 0 saturated carbocycles. The zero-order chi connectivity index (χ0) is 17.6. The number of methoxy groups -OCH3 is 2. The maximum Gasteiger partial charge on any atom is 0.228 e. The molecule has 3 rings (SSSR count). The normalized spacial score (nSPS) is 16.0. The quantitative estimate of drug-likeness (QED) is 0.802. The molecule has 1 aromatic carbocycles.